The molecule has 0 radical (unpaired) electrons. The Morgan fingerprint density at radius 1 is 1.29 bits per heavy atom. The molecule has 0 aromatic heterocycles. The molecule has 1 aliphatic rings. The molecule has 0 amide bonds. The summed E-state index contributed by atoms with van der Waals surface area (Å²) in [7, 11) is -3.99. The van der Waals surface area contributed by atoms with Crippen molar-refractivity contribution >= 4 is 16.0 Å². The van der Waals surface area contributed by atoms with Gasteiger partial charge in [0.1, 0.15) is 0 Å². The van der Waals surface area contributed by atoms with Crippen LogP contribution in [0, 0.1) is 20.8 Å². The maximum Gasteiger partial charge on any atom is 0.244 e. The number of hydrogen-bond donors (Lipinski definition) is 1. The van der Waals surface area contributed by atoms with Crippen LogP contribution in [0.3, 0.4) is 0 Å². The molecule has 7 heteroatoms. The number of aliphatic carboxylic acids is 1. The van der Waals surface area contributed by atoms with Gasteiger partial charge in [-0.25, -0.2) is 8.42 Å². The van der Waals surface area contributed by atoms with Crippen LogP contribution < -0.4 is 5.11 Å². The highest BCUT2D eigenvalue weighted by Gasteiger charge is 2.41. The highest BCUT2D eigenvalue weighted by Crippen LogP contribution is 2.30. The molecule has 1 fully saturated rings. The molecule has 1 aromatic rings. The zero-order valence-corrected chi connectivity index (χ0v) is 13.0. The van der Waals surface area contributed by atoms with Crippen molar-refractivity contribution in [3.05, 3.63) is 28.8 Å². The number of hydrogen-bond acceptors (Lipinski definition) is 5. The minimum absolute atomic E-state index is 0.105. The van der Waals surface area contributed by atoms with Gasteiger partial charge in [-0.3, -0.25) is 0 Å². The van der Waals surface area contributed by atoms with Gasteiger partial charge in [0.25, 0.3) is 0 Å². The minimum Gasteiger partial charge on any atom is -0.548 e. The Morgan fingerprint density at radius 3 is 2.29 bits per heavy atom. The summed E-state index contributed by atoms with van der Waals surface area (Å²) in [6, 6.07) is 2.14. The van der Waals surface area contributed by atoms with Crippen LogP contribution in [0.4, 0.5) is 0 Å². The van der Waals surface area contributed by atoms with Gasteiger partial charge in [0, 0.05) is 6.54 Å². The van der Waals surface area contributed by atoms with E-state index in [9.17, 15) is 23.4 Å². The van der Waals surface area contributed by atoms with Gasteiger partial charge >= 0.3 is 0 Å². The number of aliphatic hydroxyl groups excluding tert-OH is 1. The van der Waals surface area contributed by atoms with E-state index in [0.29, 0.717) is 11.1 Å². The molecule has 1 N–H and O–H groups in total. The molecule has 2 atom stereocenters. The Hall–Kier alpha value is -1.44. The van der Waals surface area contributed by atoms with Gasteiger partial charge in [-0.2, -0.15) is 4.31 Å². The van der Waals surface area contributed by atoms with Crippen molar-refractivity contribution in [2.24, 2.45) is 0 Å². The second-order valence-corrected chi connectivity index (χ2v) is 7.35. The number of carbonyl (C=O) groups is 1. The lowest BCUT2D eigenvalue weighted by molar-refractivity contribution is -0.309. The van der Waals surface area contributed by atoms with Gasteiger partial charge in [-0.1, -0.05) is 17.7 Å². The van der Waals surface area contributed by atoms with E-state index in [1.807, 2.05) is 6.92 Å². The smallest absolute Gasteiger partial charge is 0.244 e. The number of aryl methyl sites for hydroxylation is 3. The first-order valence-corrected chi connectivity index (χ1v) is 8.07. The summed E-state index contributed by atoms with van der Waals surface area (Å²) in [5.74, 6) is -1.49. The Balaban J connectivity index is 2.55. The van der Waals surface area contributed by atoms with E-state index in [0.717, 1.165) is 9.87 Å². The van der Waals surface area contributed by atoms with E-state index in [-0.39, 0.29) is 17.9 Å². The van der Waals surface area contributed by atoms with Gasteiger partial charge in [-0.15, -0.1) is 0 Å². The van der Waals surface area contributed by atoms with Crippen LogP contribution in [0.25, 0.3) is 0 Å². The molecule has 1 aromatic carbocycles. The first-order chi connectivity index (χ1) is 9.64. The van der Waals surface area contributed by atoms with E-state index in [4.69, 9.17) is 0 Å². The molecule has 0 aliphatic carbocycles. The topological polar surface area (TPSA) is 97.7 Å². The zero-order chi connectivity index (χ0) is 15.9. The summed E-state index contributed by atoms with van der Waals surface area (Å²) in [6.45, 7) is 4.98. The van der Waals surface area contributed by atoms with Crippen LogP contribution in [0.15, 0.2) is 17.0 Å². The Kier molecular flexibility index (Phi) is 4.10. The number of carbonyl (C=O) groups excluding carboxylic acids is 1. The van der Waals surface area contributed by atoms with Crippen molar-refractivity contribution in [1.29, 1.82) is 0 Å². The number of nitrogens with zero attached hydrogens (tertiary/aromatic N) is 1. The SMILES string of the molecule is Cc1cc(C)c(S(=O)(=O)N2C[C@H](O)C[C@@H]2C(=O)[O-])c(C)c1. The van der Waals surface area contributed by atoms with Gasteiger partial charge in [0.15, 0.2) is 0 Å². The molecular formula is C14H18NO5S-. The predicted molar refractivity (Wildman–Crippen MR) is 74.0 cm³/mol. The van der Waals surface area contributed by atoms with Crippen molar-refractivity contribution in [3.63, 3.8) is 0 Å². The van der Waals surface area contributed by atoms with E-state index < -0.39 is 28.1 Å². The third kappa shape index (κ3) is 2.81. The molecule has 0 saturated carbocycles. The summed E-state index contributed by atoms with van der Waals surface area (Å²) in [4.78, 5) is 11.2. The lowest BCUT2D eigenvalue weighted by Crippen LogP contribution is -2.47. The average molecular weight is 312 g/mol. The molecule has 6 nitrogen and oxygen atoms in total. The van der Waals surface area contributed by atoms with Crippen LogP contribution in [0.2, 0.25) is 0 Å². The fraction of sp³-hybridized carbons (Fsp3) is 0.500. The monoisotopic (exact) mass is 312 g/mol. The van der Waals surface area contributed by atoms with Gasteiger partial charge in [0.2, 0.25) is 10.0 Å². The molecule has 116 valence electrons. The van der Waals surface area contributed by atoms with Crippen LogP contribution >= 0.6 is 0 Å². The molecule has 2 rings (SSSR count). The lowest BCUT2D eigenvalue weighted by Gasteiger charge is -2.26. The van der Waals surface area contributed by atoms with Crippen molar-refractivity contribution in [1.82, 2.24) is 4.31 Å². The van der Waals surface area contributed by atoms with E-state index >= 15 is 0 Å². The fourth-order valence-electron chi connectivity index (χ4n) is 2.96. The van der Waals surface area contributed by atoms with Crippen LogP contribution in [0.5, 0.6) is 0 Å². The minimum atomic E-state index is -3.99. The maximum atomic E-state index is 12.8. The number of rotatable bonds is 3. The quantitative estimate of drug-likeness (QED) is 0.810. The van der Waals surface area contributed by atoms with Crippen molar-refractivity contribution < 1.29 is 23.4 Å². The van der Waals surface area contributed by atoms with Crippen molar-refractivity contribution in [3.8, 4) is 0 Å². The molecule has 0 bridgehead atoms. The highest BCUT2D eigenvalue weighted by atomic mass is 32.2. The normalized spacial score (nSPS) is 23.4. The zero-order valence-electron chi connectivity index (χ0n) is 12.2. The van der Waals surface area contributed by atoms with Crippen LogP contribution in [0.1, 0.15) is 23.1 Å². The average Bonchev–Trinajstić information content (AvgIpc) is 2.70. The molecule has 0 spiro atoms. The highest BCUT2D eigenvalue weighted by molar-refractivity contribution is 7.89. The molecular weight excluding hydrogens is 294 g/mol. The number of β-amino-alcohol motifs (C(OH)–C–C–N with tert-alkyl or cyclic N) is 1. The second kappa shape index (κ2) is 5.40. The molecule has 1 aliphatic heterocycles. The van der Waals surface area contributed by atoms with Crippen LogP contribution in [-0.2, 0) is 14.8 Å². The second-order valence-electron chi connectivity index (χ2n) is 5.53. The van der Waals surface area contributed by atoms with Gasteiger partial charge < -0.3 is 15.0 Å². The Labute approximate surface area is 124 Å². The van der Waals surface area contributed by atoms with Crippen molar-refractivity contribution in [2.75, 3.05) is 6.54 Å². The summed E-state index contributed by atoms with van der Waals surface area (Å²) in [6.07, 6.45) is -1.14. The van der Waals surface area contributed by atoms with Gasteiger partial charge in [-0.05, 0) is 38.3 Å². The number of sulfonamides is 1. The standard InChI is InChI=1S/C14H19NO5S/c1-8-4-9(2)13(10(3)5-8)21(19,20)15-7-11(16)6-12(15)14(17)18/h4-5,11-12,16H,6-7H2,1-3H3,(H,17,18)/p-1/t11-,12-/m1/s1. The summed E-state index contributed by atoms with van der Waals surface area (Å²) >= 11 is 0. The molecule has 1 saturated heterocycles. The first-order valence-electron chi connectivity index (χ1n) is 6.63. The largest absolute Gasteiger partial charge is 0.548 e. The van der Waals surface area contributed by atoms with Crippen molar-refractivity contribution in [2.45, 2.75) is 44.2 Å². The predicted octanol–water partition coefficient (Wildman–Crippen LogP) is -0.514. The van der Waals surface area contributed by atoms with E-state index in [1.165, 1.54) is 0 Å². The van der Waals surface area contributed by atoms with E-state index in [2.05, 4.69) is 0 Å². The first kappa shape index (κ1) is 15.9. The van der Waals surface area contributed by atoms with E-state index in [1.54, 1.807) is 26.0 Å². The third-order valence-electron chi connectivity index (χ3n) is 3.68. The number of carboxylic acids is 1. The van der Waals surface area contributed by atoms with Crippen LogP contribution in [-0.4, -0.2) is 42.5 Å². The third-order valence-corrected chi connectivity index (χ3v) is 5.86. The lowest BCUT2D eigenvalue weighted by atomic mass is 10.1. The Bertz CT molecular complexity index is 660. The number of benzene rings is 1. The number of aliphatic hydroxyl groups is 1. The summed E-state index contributed by atoms with van der Waals surface area (Å²) < 4.78 is 26.4. The maximum absolute atomic E-state index is 12.8. The summed E-state index contributed by atoms with van der Waals surface area (Å²) in [5.41, 5.74) is 2.05. The Morgan fingerprint density at radius 2 is 1.81 bits per heavy atom. The number of carboxylic acid groups (broad SMARTS) is 1. The fourth-order valence-corrected chi connectivity index (χ4v) is 5.00. The molecule has 1 heterocycles. The summed E-state index contributed by atoms with van der Waals surface area (Å²) in [5, 5.41) is 20.7. The van der Waals surface area contributed by atoms with Gasteiger partial charge in [0.05, 0.1) is 23.0 Å². The molecule has 0 unspecified atom stereocenters. The molecule has 21 heavy (non-hydrogen) atoms.